The highest BCUT2D eigenvalue weighted by Crippen LogP contribution is 2.22. The van der Waals surface area contributed by atoms with Gasteiger partial charge in [-0.2, -0.15) is 4.39 Å². The molecule has 2 aromatic carbocycles. The number of ether oxygens (including phenoxy) is 2. The molecule has 2 rings (SSSR count). The Bertz CT molecular complexity index is 780. The summed E-state index contributed by atoms with van der Waals surface area (Å²) in [4.78, 5) is 23.1. The molecular weight excluding hydrogens is 349 g/mol. The van der Waals surface area contributed by atoms with Crippen LogP contribution in [-0.2, 0) is 9.59 Å². The molecule has 0 radical (unpaired) electrons. The number of benzene rings is 2. The molecule has 0 spiro atoms. The van der Waals surface area contributed by atoms with Crippen LogP contribution in [0.25, 0.3) is 0 Å². The second kappa shape index (κ2) is 7.83. The van der Waals surface area contributed by atoms with Gasteiger partial charge >= 0.3 is 11.9 Å². The van der Waals surface area contributed by atoms with Crippen LogP contribution in [0.2, 0.25) is 5.02 Å². The number of rotatable bonds is 5. The first kappa shape index (κ1) is 17.8. The Balaban J connectivity index is 1.87. The lowest BCUT2D eigenvalue weighted by Crippen LogP contribution is -2.15. The summed E-state index contributed by atoms with van der Waals surface area (Å²) in [6, 6.07) is 7.47. The molecule has 8 heteroatoms. The minimum absolute atomic E-state index is 0.201. The lowest BCUT2D eigenvalue weighted by molar-refractivity contribution is -0.140. The molecule has 0 aliphatic carbocycles. The van der Waals surface area contributed by atoms with Crippen molar-refractivity contribution in [2.75, 3.05) is 0 Å². The predicted octanol–water partition coefficient (Wildman–Crippen LogP) is 4.05. The summed E-state index contributed by atoms with van der Waals surface area (Å²) in [5, 5.41) is 0.369. The lowest BCUT2D eigenvalue weighted by atomic mass is 10.3. The molecule has 0 saturated heterocycles. The van der Waals surface area contributed by atoms with E-state index in [2.05, 4.69) is 4.74 Å². The zero-order valence-corrected chi connectivity index (χ0v) is 12.8. The van der Waals surface area contributed by atoms with Crippen LogP contribution < -0.4 is 9.47 Å². The molecule has 0 N–H and O–H groups in total. The second-order valence-electron chi connectivity index (χ2n) is 4.58. The molecule has 24 heavy (non-hydrogen) atoms. The largest absolute Gasteiger partial charge is 0.426 e. The van der Waals surface area contributed by atoms with Crippen LogP contribution >= 0.6 is 11.6 Å². The highest BCUT2D eigenvalue weighted by molar-refractivity contribution is 6.30. The molecule has 0 bridgehead atoms. The summed E-state index contributed by atoms with van der Waals surface area (Å²) < 4.78 is 48.6. The molecule has 0 heterocycles. The number of carbonyl (C=O) groups excluding carboxylic acids is 2. The predicted molar refractivity (Wildman–Crippen MR) is 78.3 cm³/mol. The van der Waals surface area contributed by atoms with Gasteiger partial charge in [0.05, 0.1) is 12.8 Å². The van der Waals surface area contributed by atoms with E-state index >= 15 is 0 Å². The van der Waals surface area contributed by atoms with Crippen LogP contribution in [0.15, 0.2) is 36.4 Å². The van der Waals surface area contributed by atoms with E-state index < -0.39 is 41.6 Å². The van der Waals surface area contributed by atoms with Crippen molar-refractivity contribution in [3.63, 3.8) is 0 Å². The fraction of sp³-hybridized carbons (Fsp3) is 0.125. The van der Waals surface area contributed by atoms with Gasteiger partial charge in [-0.15, -0.1) is 0 Å². The number of hydrogen-bond acceptors (Lipinski definition) is 4. The van der Waals surface area contributed by atoms with Crippen LogP contribution in [0.3, 0.4) is 0 Å². The monoisotopic (exact) mass is 358 g/mol. The Hall–Kier alpha value is -2.54. The molecule has 0 fully saturated rings. The van der Waals surface area contributed by atoms with Gasteiger partial charge in [0.15, 0.2) is 17.4 Å². The Morgan fingerprint density at radius 2 is 1.58 bits per heavy atom. The molecule has 0 amide bonds. The first-order chi connectivity index (χ1) is 11.4. The van der Waals surface area contributed by atoms with Crippen molar-refractivity contribution in [3.05, 3.63) is 58.9 Å². The maximum atomic E-state index is 13.4. The molecule has 0 aliphatic rings. The number of hydrogen-bond donors (Lipinski definition) is 0. The number of halogens is 4. The average Bonchev–Trinajstić information content (AvgIpc) is 2.53. The summed E-state index contributed by atoms with van der Waals surface area (Å²) in [5.74, 6) is -7.07. The van der Waals surface area contributed by atoms with Gasteiger partial charge in [0.2, 0.25) is 5.82 Å². The smallest absolute Gasteiger partial charge is 0.311 e. The van der Waals surface area contributed by atoms with Crippen LogP contribution in [0, 0.1) is 17.5 Å². The fourth-order valence-electron chi connectivity index (χ4n) is 1.68. The van der Waals surface area contributed by atoms with Crippen molar-refractivity contribution in [2.24, 2.45) is 0 Å². The van der Waals surface area contributed by atoms with Crippen LogP contribution in [0.4, 0.5) is 13.2 Å². The summed E-state index contributed by atoms with van der Waals surface area (Å²) >= 11 is 5.73. The SMILES string of the molecule is O=C(CCC(=O)Oc1ccc(F)c(F)c1F)Oc1cccc(Cl)c1. The average molecular weight is 359 g/mol. The van der Waals surface area contributed by atoms with Gasteiger partial charge in [0.25, 0.3) is 0 Å². The van der Waals surface area contributed by atoms with Gasteiger partial charge < -0.3 is 9.47 Å². The molecule has 0 atom stereocenters. The summed E-state index contributed by atoms with van der Waals surface area (Å²) in [5.41, 5.74) is 0. The van der Waals surface area contributed by atoms with Crippen molar-refractivity contribution in [1.82, 2.24) is 0 Å². The fourth-order valence-corrected chi connectivity index (χ4v) is 1.86. The molecule has 0 aromatic heterocycles. The van der Waals surface area contributed by atoms with Crippen molar-refractivity contribution in [1.29, 1.82) is 0 Å². The zero-order valence-electron chi connectivity index (χ0n) is 12.0. The lowest BCUT2D eigenvalue weighted by Gasteiger charge is -2.07. The third kappa shape index (κ3) is 4.73. The first-order valence-corrected chi connectivity index (χ1v) is 7.05. The Morgan fingerprint density at radius 1 is 0.917 bits per heavy atom. The number of carbonyl (C=O) groups is 2. The van der Waals surface area contributed by atoms with E-state index in [1.165, 1.54) is 12.1 Å². The highest BCUT2D eigenvalue weighted by Gasteiger charge is 2.18. The second-order valence-corrected chi connectivity index (χ2v) is 5.02. The third-order valence-corrected chi connectivity index (χ3v) is 3.02. The van der Waals surface area contributed by atoms with Crippen LogP contribution in [0.5, 0.6) is 11.5 Å². The quantitative estimate of drug-likeness (QED) is 0.460. The van der Waals surface area contributed by atoms with Crippen molar-refractivity contribution >= 4 is 23.5 Å². The van der Waals surface area contributed by atoms with Crippen molar-refractivity contribution in [2.45, 2.75) is 12.8 Å². The topological polar surface area (TPSA) is 52.6 Å². The third-order valence-electron chi connectivity index (χ3n) is 2.78. The maximum absolute atomic E-state index is 13.4. The Labute approximate surface area is 139 Å². The Morgan fingerprint density at radius 3 is 2.25 bits per heavy atom. The molecule has 0 unspecified atom stereocenters. The first-order valence-electron chi connectivity index (χ1n) is 6.67. The van der Waals surface area contributed by atoms with Gasteiger partial charge in [0, 0.05) is 5.02 Å². The van der Waals surface area contributed by atoms with E-state index in [9.17, 15) is 22.8 Å². The van der Waals surface area contributed by atoms with Gasteiger partial charge in [-0.25, -0.2) is 8.78 Å². The Kier molecular flexibility index (Phi) is 5.81. The van der Waals surface area contributed by atoms with E-state index in [4.69, 9.17) is 16.3 Å². The molecule has 2 aromatic rings. The molecule has 0 aliphatic heterocycles. The number of esters is 2. The van der Waals surface area contributed by atoms with E-state index in [-0.39, 0.29) is 12.2 Å². The summed E-state index contributed by atoms with van der Waals surface area (Å²) in [6.07, 6.45) is -0.783. The van der Waals surface area contributed by atoms with Gasteiger partial charge in [-0.3, -0.25) is 9.59 Å². The van der Waals surface area contributed by atoms with Crippen LogP contribution in [0.1, 0.15) is 12.8 Å². The minimum atomic E-state index is -1.75. The van der Waals surface area contributed by atoms with E-state index in [1.807, 2.05) is 0 Å². The molecular formula is C16H10ClF3O4. The minimum Gasteiger partial charge on any atom is -0.426 e. The molecule has 126 valence electrons. The standard InChI is InChI=1S/C16H10ClF3O4/c17-9-2-1-3-10(8-9)23-13(21)6-7-14(22)24-12-5-4-11(18)15(19)16(12)20/h1-5,8H,6-7H2. The normalized spacial score (nSPS) is 10.3. The molecule has 4 nitrogen and oxygen atoms in total. The molecule has 0 saturated carbocycles. The zero-order chi connectivity index (χ0) is 17.7. The van der Waals surface area contributed by atoms with E-state index in [0.29, 0.717) is 11.1 Å². The summed E-state index contributed by atoms with van der Waals surface area (Å²) in [6.45, 7) is 0. The summed E-state index contributed by atoms with van der Waals surface area (Å²) in [7, 11) is 0. The van der Waals surface area contributed by atoms with E-state index in [1.54, 1.807) is 12.1 Å². The van der Waals surface area contributed by atoms with E-state index in [0.717, 1.165) is 6.07 Å². The maximum Gasteiger partial charge on any atom is 0.311 e. The van der Waals surface area contributed by atoms with Crippen LogP contribution in [-0.4, -0.2) is 11.9 Å². The van der Waals surface area contributed by atoms with Gasteiger partial charge in [-0.05, 0) is 30.3 Å². The van der Waals surface area contributed by atoms with Gasteiger partial charge in [0.1, 0.15) is 5.75 Å². The van der Waals surface area contributed by atoms with Gasteiger partial charge in [-0.1, -0.05) is 17.7 Å². The van der Waals surface area contributed by atoms with Crippen molar-refractivity contribution < 1.29 is 32.2 Å². The van der Waals surface area contributed by atoms with Crippen molar-refractivity contribution in [3.8, 4) is 11.5 Å². The highest BCUT2D eigenvalue weighted by atomic mass is 35.5.